The van der Waals surface area contributed by atoms with Crippen LogP contribution in [0.2, 0.25) is 0 Å². The third-order valence-electron chi connectivity index (χ3n) is 3.22. The smallest absolute Gasteiger partial charge is 0.253 e. The molecule has 0 atom stereocenters. The zero-order valence-electron chi connectivity index (χ0n) is 12.1. The molecule has 0 heterocycles. The molecule has 3 N–H and O–H groups in total. The molecule has 0 radical (unpaired) electrons. The Balaban J connectivity index is 2.03. The second kappa shape index (κ2) is 7.45. The maximum atomic E-state index is 12.1. The number of ether oxygens (including phenoxy) is 1. The van der Waals surface area contributed by atoms with Crippen molar-refractivity contribution < 1.29 is 9.53 Å². The Morgan fingerprint density at radius 3 is 2.48 bits per heavy atom. The number of benzene rings is 2. The predicted octanol–water partition coefficient (Wildman–Crippen LogP) is 2.74. The van der Waals surface area contributed by atoms with Gasteiger partial charge in [-0.3, -0.25) is 4.79 Å². The lowest BCUT2D eigenvalue weighted by Crippen LogP contribution is -2.24. The summed E-state index contributed by atoms with van der Waals surface area (Å²) in [6, 6.07) is 15.0. The standard InChI is InChI=1S/C17H20N2O2/c1-2-21-12-14-8-4-3-7-13(14)11-19-17(20)15-9-5-6-10-16(15)18/h3-10H,2,11-12,18H2,1H3,(H,19,20). The minimum atomic E-state index is -0.167. The van der Waals surface area contributed by atoms with Crippen molar-refractivity contribution in [1.82, 2.24) is 5.32 Å². The average Bonchev–Trinajstić information content (AvgIpc) is 2.52. The zero-order valence-corrected chi connectivity index (χ0v) is 12.1. The fraction of sp³-hybridized carbons (Fsp3) is 0.235. The molecule has 0 spiro atoms. The van der Waals surface area contributed by atoms with Gasteiger partial charge in [-0.15, -0.1) is 0 Å². The van der Waals surface area contributed by atoms with E-state index in [1.54, 1.807) is 18.2 Å². The molecule has 2 aromatic rings. The van der Waals surface area contributed by atoms with Gasteiger partial charge in [0, 0.05) is 18.8 Å². The molecular formula is C17H20N2O2. The number of amides is 1. The number of hydrogen-bond acceptors (Lipinski definition) is 3. The summed E-state index contributed by atoms with van der Waals surface area (Å²) >= 11 is 0. The van der Waals surface area contributed by atoms with Gasteiger partial charge < -0.3 is 15.8 Å². The first-order valence-corrected chi connectivity index (χ1v) is 6.99. The molecular weight excluding hydrogens is 264 g/mol. The van der Waals surface area contributed by atoms with Crippen molar-refractivity contribution in [3.05, 3.63) is 65.2 Å². The molecule has 0 fully saturated rings. The topological polar surface area (TPSA) is 64.3 Å². The fourth-order valence-electron chi connectivity index (χ4n) is 2.06. The van der Waals surface area contributed by atoms with Crippen molar-refractivity contribution in [3.63, 3.8) is 0 Å². The van der Waals surface area contributed by atoms with Crippen LogP contribution in [-0.2, 0) is 17.9 Å². The predicted molar refractivity (Wildman–Crippen MR) is 83.8 cm³/mol. The molecule has 0 saturated carbocycles. The Labute approximate surface area is 124 Å². The highest BCUT2D eigenvalue weighted by atomic mass is 16.5. The number of carbonyl (C=O) groups excluding carboxylic acids is 1. The number of rotatable bonds is 6. The van der Waals surface area contributed by atoms with Crippen LogP contribution < -0.4 is 11.1 Å². The molecule has 4 nitrogen and oxygen atoms in total. The van der Waals surface area contributed by atoms with Crippen LogP contribution in [0.4, 0.5) is 5.69 Å². The highest BCUT2D eigenvalue weighted by Gasteiger charge is 2.09. The van der Waals surface area contributed by atoms with Crippen LogP contribution in [0.3, 0.4) is 0 Å². The van der Waals surface area contributed by atoms with E-state index in [-0.39, 0.29) is 5.91 Å². The Kier molecular flexibility index (Phi) is 5.35. The van der Waals surface area contributed by atoms with Crippen LogP contribution >= 0.6 is 0 Å². The van der Waals surface area contributed by atoms with Crippen LogP contribution in [-0.4, -0.2) is 12.5 Å². The van der Waals surface area contributed by atoms with Crippen LogP contribution in [0.25, 0.3) is 0 Å². The van der Waals surface area contributed by atoms with Gasteiger partial charge in [-0.25, -0.2) is 0 Å². The quantitative estimate of drug-likeness (QED) is 0.802. The van der Waals surface area contributed by atoms with Gasteiger partial charge in [0.1, 0.15) is 0 Å². The number of para-hydroxylation sites is 1. The van der Waals surface area contributed by atoms with Crippen molar-refractivity contribution in [1.29, 1.82) is 0 Å². The second-order valence-corrected chi connectivity index (χ2v) is 4.68. The fourth-order valence-corrected chi connectivity index (χ4v) is 2.06. The van der Waals surface area contributed by atoms with E-state index in [4.69, 9.17) is 10.5 Å². The molecule has 2 rings (SSSR count). The van der Waals surface area contributed by atoms with Crippen LogP contribution in [0, 0.1) is 0 Å². The van der Waals surface area contributed by atoms with E-state index in [2.05, 4.69) is 5.32 Å². The molecule has 4 heteroatoms. The molecule has 1 amide bonds. The van der Waals surface area contributed by atoms with Crippen LogP contribution in [0.15, 0.2) is 48.5 Å². The Morgan fingerprint density at radius 1 is 1.10 bits per heavy atom. The maximum absolute atomic E-state index is 12.1. The maximum Gasteiger partial charge on any atom is 0.253 e. The number of hydrogen-bond donors (Lipinski definition) is 2. The molecule has 0 bridgehead atoms. The van der Waals surface area contributed by atoms with E-state index in [0.29, 0.717) is 31.0 Å². The Hall–Kier alpha value is -2.33. The van der Waals surface area contributed by atoms with Crippen molar-refractivity contribution >= 4 is 11.6 Å². The van der Waals surface area contributed by atoms with E-state index in [1.165, 1.54) is 0 Å². The first-order valence-electron chi connectivity index (χ1n) is 6.99. The third-order valence-corrected chi connectivity index (χ3v) is 3.22. The third kappa shape index (κ3) is 4.07. The monoisotopic (exact) mass is 284 g/mol. The summed E-state index contributed by atoms with van der Waals surface area (Å²) in [5.74, 6) is -0.167. The van der Waals surface area contributed by atoms with E-state index in [0.717, 1.165) is 11.1 Å². The highest BCUT2D eigenvalue weighted by Crippen LogP contribution is 2.12. The van der Waals surface area contributed by atoms with Gasteiger partial charge in [0.15, 0.2) is 0 Å². The van der Waals surface area contributed by atoms with E-state index in [9.17, 15) is 4.79 Å². The van der Waals surface area contributed by atoms with Crippen LogP contribution in [0.1, 0.15) is 28.4 Å². The number of anilines is 1. The molecule has 0 unspecified atom stereocenters. The van der Waals surface area contributed by atoms with E-state index >= 15 is 0 Å². The Bertz CT molecular complexity index is 611. The zero-order chi connectivity index (χ0) is 15.1. The number of nitrogens with one attached hydrogen (secondary N) is 1. The first kappa shape index (κ1) is 15.1. The van der Waals surface area contributed by atoms with Gasteiger partial charge in [0.25, 0.3) is 5.91 Å². The van der Waals surface area contributed by atoms with E-state index in [1.807, 2.05) is 37.3 Å². The number of carbonyl (C=O) groups is 1. The lowest BCUT2D eigenvalue weighted by molar-refractivity contribution is 0.0950. The molecule has 0 aromatic heterocycles. The molecule has 2 aromatic carbocycles. The molecule has 110 valence electrons. The van der Waals surface area contributed by atoms with E-state index < -0.39 is 0 Å². The number of nitrogens with two attached hydrogens (primary N) is 1. The summed E-state index contributed by atoms with van der Waals surface area (Å²) in [4.78, 5) is 12.1. The van der Waals surface area contributed by atoms with Crippen molar-refractivity contribution in [2.75, 3.05) is 12.3 Å². The van der Waals surface area contributed by atoms with Crippen molar-refractivity contribution in [3.8, 4) is 0 Å². The largest absolute Gasteiger partial charge is 0.398 e. The lowest BCUT2D eigenvalue weighted by atomic mass is 10.1. The summed E-state index contributed by atoms with van der Waals surface area (Å²) < 4.78 is 5.44. The van der Waals surface area contributed by atoms with Gasteiger partial charge in [-0.1, -0.05) is 36.4 Å². The molecule has 0 aliphatic heterocycles. The summed E-state index contributed by atoms with van der Waals surface area (Å²) in [6.07, 6.45) is 0. The lowest BCUT2D eigenvalue weighted by Gasteiger charge is -2.11. The first-order chi connectivity index (χ1) is 10.2. The summed E-state index contributed by atoms with van der Waals surface area (Å²) in [6.45, 7) is 3.64. The summed E-state index contributed by atoms with van der Waals surface area (Å²) in [5.41, 5.74) is 8.92. The summed E-state index contributed by atoms with van der Waals surface area (Å²) in [5, 5.41) is 2.90. The summed E-state index contributed by atoms with van der Waals surface area (Å²) in [7, 11) is 0. The van der Waals surface area contributed by atoms with Crippen LogP contribution in [0.5, 0.6) is 0 Å². The average molecular weight is 284 g/mol. The van der Waals surface area contributed by atoms with Gasteiger partial charge >= 0.3 is 0 Å². The Morgan fingerprint density at radius 2 is 1.76 bits per heavy atom. The minimum absolute atomic E-state index is 0.167. The van der Waals surface area contributed by atoms with Gasteiger partial charge in [-0.05, 0) is 30.2 Å². The normalized spacial score (nSPS) is 10.3. The molecule has 0 saturated heterocycles. The highest BCUT2D eigenvalue weighted by molar-refractivity contribution is 5.99. The second-order valence-electron chi connectivity index (χ2n) is 4.68. The van der Waals surface area contributed by atoms with Crippen molar-refractivity contribution in [2.24, 2.45) is 0 Å². The van der Waals surface area contributed by atoms with Gasteiger partial charge in [0.2, 0.25) is 0 Å². The molecule has 0 aliphatic carbocycles. The molecule has 0 aliphatic rings. The minimum Gasteiger partial charge on any atom is -0.398 e. The number of nitrogen functional groups attached to an aromatic ring is 1. The van der Waals surface area contributed by atoms with Gasteiger partial charge in [-0.2, -0.15) is 0 Å². The molecule has 21 heavy (non-hydrogen) atoms. The van der Waals surface area contributed by atoms with Crippen molar-refractivity contribution in [2.45, 2.75) is 20.1 Å². The van der Waals surface area contributed by atoms with Gasteiger partial charge in [0.05, 0.1) is 12.2 Å². The SMILES string of the molecule is CCOCc1ccccc1CNC(=O)c1ccccc1N.